The first-order valence-electron chi connectivity index (χ1n) is 6.41. The number of aryl methyl sites for hydroxylation is 1. The number of carbonyl (C=O) groups is 1. The summed E-state index contributed by atoms with van der Waals surface area (Å²) in [4.78, 5) is 11.8. The Morgan fingerprint density at radius 1 is 1.33 bits per heavy atom. The van der Waals surface area contributed by atoms with Crippen molar-refractivity contribution in [2.24, 2.45) is 0 Å². The molecular weight excluding hydrogens is 228 g/mol. The van der Waals surface area contributed by atoms with Gasteiger partial charge in [-0.3, -0.25) is 5.32 Å². The van der Waals surface area contributed by atoms with Gasteiger partial charge in [-0.05, 0) is 56.7 Å². The molecule has 0 unspecified atom stereocenters. The van der Waals surface area contributed by atoms with Gasteiger partial charge in [0.05, 0.1) is 5.69 Å². The standard InChI is InChI=1S/C14H20N2O2/c1-9-7-8-12(15)10(2)13(9)16-14(17)18-11-5-3-4-6-11/h7-8,11H,3-6,15H2,1-2H3,(H,16,17). The van der Waals surface area contributed by atoms with Crippen molar-refractivity contribution in [1.29, 1.82) is 0 Å². The Morgan fingerprint density at radius 3 is 2.67 bits per heavy atom. The van der Waals surface area contributed by atoms with Gasteiger partial charge < -0.3 is 10.5 Å². The second-order valence-corrected chi connectivity index (χ2v) is 4.91. The van der Waals surface area contributed by atoms with Gasteiger partial charge in [0.2, 0.25) is 0 Å². The second-order valence-electron chi connectivity index (χ2n) is 4.91. The molecule has 0 atom stereocenters. The van der Waals surface area contributed by atoms with Crippen LogP contribution >= 0.6 is 0 Å². The van der Waals surface area contributed by atoms with E-state index in [0.717, 1.165) is 42.5 Å². The van der Waals surface area contributed by atoms with Crippen molar-refractivity contribution in [3.8, 4) is 0 Å². The Bertz CT molecular complexity index is 451. The first-order chi connectivity index (χ1) is 8.58. The van der Waals surface area contributed by atoms with Gasteiger partial charge in [-0.1, -0.05) is 6.07 Å². The lowest BCUT2D eigenvalue weighted by molar-refractivity contribution is 0.114. The van der Waals surface area contributed by atoms with Gasteiger partial charge in [0.1, 0.15) is 6.10 Å². The van der Waals surface area contributed by atoms with Crippen LogP contribution in [0.5, 0.6) is 0 Å². The first-order valence-corrected chi connectivity index (χ1v) is 6.41. The van der Waals surface area contributed by atoms with E-state index in [2.05, 4.69) is 5.32 Å². The number of hydrogen-bond donors (Lipinski definition) is 2. The van der Waals surface area contributed by atoms with E-state index >= 15 is 0 Å². The molecular formula is C14H20N2O2. The zero-order valence-corrected chi connectivity index (χ0v) is 11.0. The molecule has 1 fully saturated rings. The maximum absolute atomic E-state index is 11.8. The Balaban J connectivity index is 2.04. The summed E-state index contributed by atoms with van der Waals surface area (Å²) in [5.74, 6) is 0. The van der Waals surface area contributed by atoms with Crippen LogP contribution in [-0.4, -0.2) is 12.2 Å². The van der Waals surface area contributed by atoms with Crippen molar-refractivity contribution >= 4 is 17.5 Å². The van der Waals surface area contributed by atoms with E-state index < -0.39 is 0 Å². The molecule has 0 aliphatic heterocycles. The Kier molecular flexibility index (Phi) is 3.75. The molecule has 0 heterocycles. The predicted molar refractivity (Wildman–Crippen MR) is 72.7 cm³/mol. The third-order valence-corrected chi connectivity index (χ3v) is 3.52. The van der Waals surface area contributed by atoms with Crippen molar-refractivity contribution < 1.29 is 9.53 Å². The van der Waals surface area contributed by atoms with E-state index in [1.807, 2.05) is 26.0 Å². The van der Waals surface area contributed by atoms with Crippen LogP contribution < -0.4 is 11.1 Å². The Labute approximate surface area is 108 Å². The smallest absolute Gasteiger partial charge is 0.411 e. The highest BCUT2D eigenvalue weighted by atomic mass is 16.6. The van der Waals surface area contributed by atoms with Gasteiger partial charge in [-0.25, -0.2) is 4.79 Å². The summed E-state index contributed by atoms with van der Waals surface area (Å²) in [6, 6.07) is 3.74. The minimum atomic E-state index is -0.376. The van der Waals surface area contributed by atoms with Crippen LogP contribution in [0.4, 0.5) is 16.2 Å². The molecule has 1 saturated carbocycles. The largest absolute Gasteiger partial charge is 0.446 e. The minimum absolute atomic E-state index is 0.0756. The van der Waals surface area contributed by atoms with Crippen LogP contribution in [0.2, 0.25) is 0 Å². The average molecular weight is 248 g/mol. The molecule has 4 heteroatoms. The van der Waals surface area contributed by atoms with E-state index in [9.17, 15) is 4.79 Å². The number of carbonyl (C=O) groups excluding carboxylic acids is 1. The quantitative estimate of drug-likeness (QED) is 0.788. The summed E-state index contributed by atoms with van der Waals surface area (Å²) in [6.07, 6.45) is 3.94. The summed E-state index contributed by atoms with van der Waals surface area (Å²) in [5.41, 5.74) is 9.15. The number of nitrogens with two attached hydrogens (primary N) is 1. The molecule has 1 aliphatic rings. The first kappa shape index (κ1) is 12.7. The van der Waals surface area contributed by atoms with Crippen molar-refractivity contribution in [3.05, 3.63) is 23.3 Å². The highest BCUT2D eigenvalue weighted by Crippen LogP contribution is 2.26. The summed E-state index contributed by atoms with van der Waals surface area (Å²) in [5, 5.41) is 2.81. The molecule has 18 heavy (non-hydrogen) atoms. The zero-order chi connectivity index (χ0) is 13.1. The molecule has 98 valence electrons. The lowest BCUT2D eigenvalue weighted by atomic mass is 10.1. The normalized spacial score (nSPS) is 15.7. The molecule has 0 saturated heterocycles. The van der Waals surface area contributed by atoms with E-state index in [1.165, 1.54) is 0 Å². The summed E-state index contributed by atoms with van der Waals surface area (Å²) in [7, 11) is 0. The lowest BCUT2D eigenvalue weighted by Crippen LogP contribution is -2.21. The Hall–Kier alpha value is -1.71. The fourth-order valence-corrected chi connectivity index (χ4v) is 2.34. The summed E-state index contributed by atoms with van der Waals surface area (Å²) >= 11 is 0. The molecule has 0 radical (unpaired) electrons. The number of nitrogens with one attached hydrogen (secondary N) is 1. The van der Waals surface area contributed by atoms with Crippen molar-refractivity contribution in [1.82, 2.24) is 0 Å². The molecule has 1 amide bonds. The van der Waals surface area contributed by atoms with Gasteiger partial charge in [0, 0.05) is 5.69 Å². The molecule has 0 spiro atoms. The minimum Gasteiger partial charge on any atom is -0.446 e. The van der Waals surface area contributed by atoms with Gasteiger partial charge in [-0.2, -0.15) is 0 Å². The SMILES string of the molecule is Cc1ccc(N)c(C)c1NC(=O)OC1CCCC1. The topological polar surface area (TPSA) is 64.3 Å². The lowest BCUT2D eigenvalue weighted by Gasteiger charge is -2.16. The fourth-order valence-electron chi connectivity index (χ4n) is 2.34. The van der Waals surface area contributed by atoms with Crippen molar-refractivity contribution in [3.63, 3.8) is 0 Å². The van der Waals surface area contributed by atoms with Gasteiger partial charge in [-0.15, -0.1) is 0 Å². The number of anilines is 2. The van der Waals surface area contributed by atoms with Crippen LogP contribution in [0.15, 0.2) is 12.1 Å². The second kappa shape index (κ2) is 5.29. The molecule has 1 aromatic rings. The number of nitrogen functional groups attached to an aromatic ring is 1. The summed E-state index contributed by atoms with van der Waals surface area (Å²) in [6.45, 7) is 3.84. The Morgan fingerprint density at radius 2 is 2.00 bits per heavy atom. The molecule has 4 nitrogen and oxygen atoms in total. The fraction of sp³-hybridized carbons (Fsp3) is 0.500. The van der Waals surface area contributed by atoms with Crippen LogP contribution in [0.3, 0.4) is 0 Å². The van der Waals surface area contributed by atoms with E-state index in [1.54, 1.807) is 0 Å². The highest BCUT2D eigenvalue weighted by molar-refractivity contribution is 5.88. The van der Waals surface area contributed by atoms with Crippen LogP contribution in [0.25, 0.3) is 0 Å². The van der Waals surface area contributed by atoms with Crippen LogP contribution in [0.1, 0.15) is 36.8 Å². The highest BCUT2D eigenvalue weighted by Gasteiger charge is 2.20. The maximum atomic E-state index is 11.8. The van der Waals surface area contributed by atoms with Crippen LogP contribution in [-0.2, 0) is 4.74 Å². The zero-order valence-electron chi connectivity index (χ0n) is 11.0. The molecule has 2 rings (SSSR count). The summed E-state index contributed by atoms with van der Waals surface area (Å²) < 4.78 is 5.37. The third kappa shape index (κ3) is 2.75. The molecule has 0 bridgehead atoms. The van der Waals surface area contributed by atoms with Crippen LogP contribution in [0, 0.1) is 13.8 Å². The van der Waals surface area contributed by atoms with Gasteiger partial charge in [0.25, 0.3) is 0 Å². The van der Waals surface area contributed by atoms with E-state index in [-0.39, 0.29) is 12.2 Å². The van der Waals surface area contributed by atoms with E-state index in [4.69, 9.17) is 10.5 Å². The number of rotatable bonds is 2. The maximum Gasteiger partial charge on any atom is 0.411 e. The van der Waals surface area contributed by atoms with Gasteiger partial charge in [0.15, 0.2) is 0 Å². The predicted octanol–water partition coefficient (Wildman–Crippen LogP) is 3.38. The number of ether oxygens (including phenoxy) is 1. The average Bonchev–Trinajstić information content (AvgIpc) is 2.82. The number of hydrogen-bond acceptors (Lipinski definition) is 3. The monoisotopic (exact) mass is 248 g/mol. The molecule has 1 aromatic carbocycles. The van der Waals surface area contributed by atoms with Crippen molar-refractivity contribution in [2.75, 3.05) is 11.1 Å². The number of amides is 1. The van der Waals surface area contributed by atoms with Crippen molar-refractivity contribution in [2.45, 2.75) is 45.6 Å². The third-order valence-electron chi connectivity index (χ3n) is 3.52. The van der Waals surface area contributed by atoms with Gasteiger partial charge >= 0.3 is 6.09 Å². The molecule has 3 N–H and O–H groups in total. The van der Waals surface area contributed by atoms with E-state index in [0.29, 0.717) is 5.69 Å². The molecule has 1 aliphatic carbocycles. The molecule has 0 aromatic heterocycles. The number of benzene rings is 1.